The van der Waals surface area contributed by atoms with Gasteiger partial charge in [0, 0.05) is 28.4 Å². The van der Waals surface area contributed by atoms with Crippen LogP contribution < -0.4 is 4.74 Å². The number of aliphatic hydroxyl groups is 1. The van der Waals surface area contributed by atoms with E-state index in [-0.39, 0.29) is 23.3 Å². The van der Waals surface area contributed by atoms with Crippen LogP contribution in [0.5, 0.6) is 5.75 Å². The average molecular weight is 463 g/mol. The Labute approximate surface area is 197 Å². The Hall–Kier alpha value is -3.45. The minimum atomic E-state index is -0.735. The van der Waals surface area contributed by atoms with E-state index in [1.807, 2.05) is 50.4 Å². The molecular formula is C26H26N2O4S. The number of pyridine rings is 1. The zero-order valence-corrected chi connectivity index (χ0v) is 19.8. The molecule has 1 aliphatic rings. The van der Waals surface area contributed by atoms with Crippen LogP contribution in [-0.2, 0) is 21.5 Å². The van der Waals surface area contributed by atoms with E-state index in [1.165, 1.54) is 16.2 Å². The zero-order valence-electron chi connectivity index (χ0n) is 19.0. The Morgan fingerprint density at radius 3 is 2.58 bits per heavy atom. The predicted octanol–water partition coefficient (Wildman–Crippen LogP) is 5.07. The summed E-state index contributed by atoms with van der Waals surface area (Å²) in [5.74, 6) is -0.848. The van der Waals surface area contributed by atoms with Gasteiger partial charge >= 0.3 is 0 Å². The lowest BCUT2D eigenvalue weighted by molar-refractivity contribution is -0.140. The highest BCUT2D eigenvalue weighted by atomic mass is 32.1. The normalized spacial score (nSPS) is 18.1. The molecule has 1 amide bonds. The summed E-state index contributed by atoms with van der Waals surface area (Å²) in [5.41, 5.74) is 1.83. The van der Waals surface area contributed by atoms with Crippen LogP contribution in [0.4, 0.5) is 0 Å². The number of aliphatic hydroxyl groups excluding tert-OH is 1. The monoisotopic (exact) mass is 462 g/mol. The van der Waals surface area contributed by atoms with Gasteiger partial charge in [-0.1, -0.05) is 32.9 Å². The molecule has 2 aromatic heterocycles. The predicted molar refractivity (Wildman–Crippen MR) is 128 cm³/mol. The maximum Gasteiger partial charge on any atom is 0.295 e. The van der Waals surface area contributed by atoms with Gasteiger partial charge in [-0.15, -0.1) is 11.3 Å². The molecule has 3 aromatic rings. The quantitative estimate of drug-likeness (QED) is 0.325. The molecule has 1 saturated heterocycles. The summed E-state index contributed by atoms with van der Waals surface area (Å²) in [6.07, 6.45) is 3.26. The summed E-state index contributed by atoms with van der Waals surface area (Å²) in [5, 5.41) is 13.3. The van der Waals surface area contributed by atoms with Crippen molar-refractivity contribution in [2.24, 2.45) is 0 Å². The number of amides is 1. The van der Waals surface area contributed by atoms with E-state index >= 15 is 0 Å². The molecule has 1 aliphatic heterocycles. The third-order valence-corrected chi connectivity index (χ3v) is 6.59. The first kappa shape index (κ1) is 22.7. The molecule has 3 heterocycles. The number of hydrogen-bond acceptors (Lipinski definition) is 6. The van der Waals surface area contributed by atoms with E-state index in [0.717, 1.165) is 10.4 Å². The van der Waals surface area contributed by atoms with Gasteiger partial charge in [-0.2, -0.15) is 0 Å². The van der Waals surface area contributed by atoms with Gasteiger partial charge in [-0.25, -0.2) is 0 Å². The maximum atomic E-state index is 13.2. The van der Waals surface area contributed by atoms with Gasteiger partial charge < -0.3 is 14.7 Å². The second-order valence-corrected chi connectivity index (χ2v) is 9.99. The van der Waals surface area contributed by atoms with Crippen molar-refractivity contribution in [2.45, 2.75) is 38.8 Å². The van der Waals surface area contributed by atoms with Crippen molar-refractivity contribution >= 4 is 28.8 Å². The zero-order chi connectivity index (χ0) is 23.8. The molecule has 4 rings (SSSR count). The second kappa shape index (κ2) is 8.83. The summed E-state index contributed by atoms with van der Waals surface area (Å²) in [6.45, 7) is 6.41. The van der Waals surface area contributed by atoms with Gasteiger partial charge in [-0.3, -0.25) is 14.6 Å². The lowest BCUT2D eigenvalue weighted by Crippen LogP contribution is -2.28. The number of benzene rings is 1. The molecule has 0 bridgehead atoms. The highest BCUT2D eigenvalue weighted by molar-refractivity contribution is 7.09. The molecule has 6 nitrogen and oxygen atoms in total. The SMILES string of the molecule is COc1ccc(/C(O)=C2/C(=O)C(=O)N(Cc3cccs3)C2c2cccnc2)cc1C(C)(C)C. The summed E-state index contributed by atoms with van der Waals surface area (Å²) in [7, 11) is 1.60. The van der Waals surface area contributed by atoms with Crippen LogP contribution in [0, 0.1) is 0 Å². The Morgan fingerprint density at radius 2 is 1.97 bits per heavy atom. The number of aromatic nitrogens is 1. The molecule has 1 unspecified atom stereocenters. The van der Waals surface area contributed by atoms with E-state index in [9.17, 15) is 14.7 Å². The molecule has 0 radical (unpaired) electrons. The van der Waals surface area contributed by atoms with Gasteiger partial charge in [0.2, 0.25) is 0 Å². The number of carbonyl (C=O) groups is 2. The third kappa shape index (κ3) is 4.28. The average Bonchev–Trinajstić information content (AvgIpc) is 3.40. The van der Waals surface area contributed by atoms with Crippen molar-refractivity contribution < 1.29 is 19.4 Å². The van der Waals surface area contributed by atoms with Crippen LogP contribution in [0.3, 0.4) is 0 Å². The lowest BCUT2D eigenvalue weighted by atomic mass is 9.84. The van der Waals surface area contributed by atoms with Crippen molar-refractivity contribution in [1.82, 2.24) is 9.88 Å². The number of ketones is 1. The third-order valence-electron chi connectivity index (χ3n) is 5.73. The number of ether oxygens (including phenoxy) is 1. The molecule has 7 heteroatoms. The Bertz CT molecular complexity index is 1210. The summed E-state index contributed by atoms with van der Waals surface area (Å²) >= 11 is 1.51. The molecule has 33 heavy (non-hydrogen) atoms. The second-order valence-electron chi connectivity index (χ2n) is 8.96. The van der Waals surface area contributed by atoms with E-state index < -0.39 is 17.7 Å². The smallest absolute Gasteiger partial charge is 0.295 e. The van der Waals surface area contributed by atoms with Crippen LogP contribution >= 0.6 is 11.3 Å². The number of Topliss-reactive ketones (excluding diaryl/α,β-unsaturated/α-hetero) is 1. The van der Waals surface area contributed by atoms with Crippen molar-refractivity contribution in [3.05, 3.63) is 87.4 Å². The Balaban J connectivity index is 1.88. The number of likely N-dealkylation sites (tertiary alicyclic amines) is 1. The molecule has 1 N–H and O–H groups in total. The van der Waals surface area contributed by atoms with E-state index in [2.05, 4.69) is 4.98 Å². The van der Waals surface area contributed by atoms with E-state index in [1.54, 1.807) is 37.7 Å². The maximum absolute atomic E-state index is 13.2. The first-order valence-electron chi connectivity index (χ1n) is 10.6. The molecular weight excluding hydrogens is 436 g/mol. The Kier molecular flexibility index (Phi) is 6.08. The number of rotatable bonds is 5. The molecule has 0 aliphatic carbocycles. The fraction of sp³-hybridized carbons (Fsp3) is 0.269. The van der Waals surface area contributed by atoms with Gasteiger partial charge in [0.25, 0.3) is 11.7 Å². The number of hydrogen-bond donors (Lipinski definition) is 1. The highest BCUT2D eigenvalue weighted by Gasteiger charge is 2.46. The largest absolute Gasteiger partial charge is 0.507 e. The van der Waals surface area contributed by atoms with Crippen molar-refractivity contribution in [3.8, 4) is 5.75 Å². The molecule has 170 valence electrons. The minimum Gasteiger partial charge on any atom is -0.507 e. The van der Waals surface area contributed by atoms with Crippen molar-refractivity contribution in [1.29, 1.82) is 0 Å². The van der Waals surface area contributed by atoms with Gasteiger partial charge in [0.1, 0.15) is 11.5 Å². The van der Waals surface area contributed by atoms with Crippen molar-refractivity contribution in [2.75, 3.05) is 7.11 Å². The summed E-state index contributed by atoms with van der Waals surface area (Å²) < 4.78 is 5.50. The van der Waals surface area contributed by atoms with Crippen molar-refractivity contribution in [3.63, 3.8) is 0 Å². The lowest BCUT2D eigenvalue weighted by Gasteiger charge is -2.25. The first-order chi connectivity index (χ1) is 15.7. The number of methoxy groups -OCH3 is 1. The molecule has 0 saturated carbocycles. The van der Waals surface area contributed by atoms with Crippen LogP contribution in [0.25, 0.3) is 5.76 Å². The van der Waals surface area contributed by atoms with Crippen LogP contribution in [0.1, 0.15) is 48.4 Å². The van der Waals surface area contributed by atoms with Crippen LogP contribution in [0.15, 0.2) is 65.8 Å². The van der Waals surface area contributed by atoms with Crippen LogP contribution in [-0.4, -0.2) is 33.8 Å². The van der Waals surface area contributed by atoms with Gasteiger partial charge in [0.15, 0.2) is 0 Å². The fourth-order valence-corrected chi connectivity index (χ4v) is 4.80. The van der Waals surface area contributed by atoms with Gasteiger partial charge in [-0.05, 0) is 46.7 Å². The standard InChI is InChI=1S/C26H26N2O4S/c1-26(2,3)19-13-16(9-10-20(19)32-4)23(29)21-22(17-7-5-11-27-14-17)28(25(31)24(21)30)15-18-8-6-12-33-18/h5-14,22,29H,15H2,1-4H3/b23-21-. The topological polar surface area (TPSA) is 79.7 Å². The Morgan fingerprint density at radius 1 is 1.18 bits per heavy atom. The number of thiophene rings is 1. The summed E-state index contributed by atoms with van der Waals surface area (Å²) in [4.78, 5) is 32.9. The number of carbonyl (C=O) groups excluding carboxylic acids is 2. The number of nitrogens with zero attached hydrogens (tertiary/aromatic N) is 2. The minimum absolute atomic E-state index is 0.0644. The molecule has 1 fully saturated rings. The van der Waals surface area contributed by atoms with E-state index in [0.29, 0.717) is 16.9 Å². The van der Waals surface area contributed by atoms with Gasteiger partial charge in [0.05, 0.1) is 25.3 Å². The molecule has 0 spiro atoms. The van der Waals surface area contributed by atoms with E-state index in [4.69, 9.17) is 4.74 Å². The molecule has 1 aromatic carbocycles. The fourth-order valence-electron chi connectivity index (χ4n) is 4.09. The molecule has 1 atom stereocenters. The first-order valence-corrected chi connectivity index (χ1v) is 11.5. The highest BCUT2D eigenvalue weighted by Crippen LogP contribution is 2.41. The summed E-state index contributed by atoms with van der Waals surface area (Å²) in [6, 6.07) is 12.0. The van der Waals surface area contributed by atoms with Crippen LogP contribution in [0.2, 0.25) is 0 Å².